The Kier molecular flexibility index (Phi) is 1.66. The summed E-state index contributed by atoms with van der Waals surface area (Å²) in [6.07, 6.45) is 4.59. The molecule has 78 valence electrons. The van der Waals surface area contributed by atoms with Gasteiger partial charge in [0.15, 0.2) is 11.5 Å². The molecule has 2 atom stereocenters. The van der Waals surface area contributed by atoms with E-state index >= 15 is 0 Å². The molecule has 1 fully saturated rings. The molecule has 2 unspecified atom stereocenters. The van der Waals surface area contributed by atoms with Gasteiger partial charge in [-0.3, -0.25) is 0 Å². The minimum absolute atomic E-state index is 0.0873. The Balaban J connectivity index is 2.16. The van der Waals surface area contributed by atoms with Crippen LogP contribution >= 0.6 is 0 Å². The zero-order valence-electron chi connectivity index (χ0n) is 8.04. The number of hydrogen-bond donors (Lipinski definition) is 2. The van der Waals surface area contributed by atoms with Crippen LogP contribution < -0.4 is 5.73 Å². The van der Waals surface area contributed by atoms with E-state index in [0.29, 0.717) is 17.0 Å². The first-order valence-corrected chi connectivity index (χ1v) is 4.88. The van der Waals surface area contributed by atoms with Crippen molar-refractivity contribution in [1.29, 1.82) is 0 Å². The fraction of sp³-hybridized carbons (Fsp3) is 0.444. The molecule has 0 radical (unpaired) electrons. The average Bonchev–Trinajstić information content (AvgIpc) is 2.62. The standard InChI is InChI=1S/C9H11N5O/c10-8-7-9(12-3-11-8)14(4-13-7)5-1-2-6(5)15/h3-6,15H,1-2H2,(H2,10,11,12). The molecule has 0 bridgehead atoms. The number of nitrogen functional groups attached to an aromatic ring is 1. The molecule has 0 saturated heterocycles. The predicted molar refractivity (Wildman–Crippen MR) is 54.0 cm³/mol. The molecule has 0 aromatic carbocycles. The SMILES string of the molecule is Nc1ncnc2c1ncn2C1CCC1O. The number of rotatable bonds is 1. The normalized spacial score (nSPS) is 25.4. The number of nitrogens with two attached hydrogens (primary N) is 1. The summed E-state index contributed by atoms with van der Waals surface area (Å²) in [5.41, 5.74) is 6.98. The van der Waals surface area contributed by atoms with Crippen molar-refractivity contribution < 1.29 is 5.11 Å². The minimum atomic E-state index is -0.293. The Labute approximate surface area is 85.8 Å². The highest BCUT2D eigenvalue weighted by Gasteiger charge is 2.31. The number of imidazole rings is 1. The lowest BCUT2D eigenvalue weighted by Gasteiger charge is -2.33. The first kappa shape index (κ1) is 8.60. The van der Waals surface area contributed by atoms with Gasteiger partial charge in [-0.15, -0.1) is 0 Å². The van der Waals surface area contributed by atoms with E-state index in [1.807, 2.05) is 4.57 Å². The van der Waals surface area contributed by atoms with E-state index in [4.69, 9.17) is 5.73 Å². The van der Waals surface area contributed by atoms with Gasteiger partial charge >= 0.3 is 0 Å². The number of fused-ring (bicyclic) bond motifs is 1. The van der Waals surface area contributed by atoms with E-state index in [0.717, 1.165) is 12.8 Å². The maximum Gasteiger partial charge on any atom is 0.165 e. The third kappa shape index (κ3) is 1.11. The first-order chi connectivity index (χ1) is 7.27. The Bertz CT molecular complexity index is 508. The number of hydrogen-bond acceptors (Lipinski definition) is 5. The van der Waals surface area contributed by atoms with Crippen molar-refractivity contribution in [2.75, 3.05) is 5.73 Å². The molecule has 0 amide bonds. The summed E-state index contributed by atoms with van der Waals surface area (Å²) in [5.74, 6) is 0.382. The summed E-state index contributed by atoms with van der Waals surface area (Å²) >= 11 is 0. The lowest BCUT2D eigenvalue weighted by Crippen LogP contribution is -2.33. The summed E-state index contributed by atoms with van der Waals surface area (Å²) in [5, 5.41) is 9.58. The number of anilines is 1. The van der Waals surface area contributed by atoms with Gasteiger partial charge in [0.1, 0.15) is 11.8 Å². The molecule has 1 saturated carbocycles. The van der Waals surface area contributed by atoms with Crippen molar-refractivity contribution in [3.8, 4) is 0 Å². The van der Waals surface area contributed by atoms with Crippen molar-refractivity contribution in [2.24, 2.45) is 0 Å². The maximum absolute atomic E-state index is 9.58. The largest absolute Gasteiger partial charge is 0.391 e. The van der Waals surface area contributed by atoms with Crippen molar-refractivity contribution in [3.05, 3.63) is 12.7 Å². The van der Waals surface area contributed by atoms with Crippen LogP contribution in [0.15, 0.2) is 12.7 Å². The van der Waals surface area contributed by atoms with Gasteiger partial charge in [0.05, 0.1) is 18.5 Å². The highest BCUT2D eigenvalue weighted by atomic mass is 16.3. The van der Waals surface area contributed by atoms with Crippen LogP contribution in [0.5, 0.6) is 0 Å². The third-order valence-corrected chi connectivity index (χ3v) is 2.95. The molecule has 1 aliphatic rings. The quantitative estimate of drug-likeness (QED) is 0.689. The topological polar surface area (TPSA) is 89.9 Å². The van der Waals surface area contributed by atoms with Crippen molar-refractivity contribution in [3.63, 3.8) is 0 Å². The van der Waals surface area contributed by atoms with Gasteiger partial charge in [-0.2, -0.15) is 0 Å². The van der Waals surface area contributed by atoms with Crippen LogP contribution in [0.1, 0.15) is 18.9 Å². The van der Waals surface area contributed by atoms with Gasteiger partial charge in [-0.05, 0) is 12.8 Å². The molecule has 2 aromatic rings. The van der Waals surface area contributed by atoms with Gasteiger partial charge in [-0.25, -0.2) is 15.0 Å². The van der Waals surface area contributed by atoms with Crippen LogP contribution in [-0.2, 0) is 0 Å². The molecule has 1 aliphatic carbocycles. The molecular weight excluding hydrogens is 194 g/mol. The molecule has 15 heavy (non-hydrogen) atoms. The van der Waals surface area contributed by atoms with Crippen molar-refractivity contribution in [2.45, 2.75) is 25.0 Å². The number of aliphatic hydroxyl groups is 1. The van der Waals surface area contributed by atoms with Crippen molar-refractivity contribution in [1.82, 2.24) is 19.5 Å². The third-order valence-electron chi connectivity index (χ3n) is 2.95. The Morgan fingerprint density at radius 1 is 1.33 bits per heavy atom. The maximum atomic E-state index is 9.58. The molecule has 6 heteroatoms. The zero-order chi connectivity index (χ0) is 10.4. The van der Waals surface area contributed by atoms with E-state index in [9.17, 15) is 5.11 Å². The van der Waals surface area contributed by atoms with E-state index in [1.165, 1.54) is 6.33 Å². The summed E-state index contributed by atoms with van der Waals surface area (Å²) in [6.45, 7) is 0. The van der Waals surface area contributed by atoms with E-state index in [1.54, 1.807) is 6.33 Å². The molecular formula is C9H11N5O. The zero-order valence-corrected chi connectivity index (χ0v) is 8.04. The van der Waals surface area contributed by atoms with Crippen LogP contribution in [0.4, 0.5) is 5.82 Å². The molecule has 6 nitrogen and oxygen atoms in total. The molecule has 0 aliphatic heterocycles. The van der Waals surface area contributed by atoms with Gasteiger partial charge in [0.2, 0.25) is 0 Å². The van der Waals surface area contributed by atoms with Crippen LogP contribution in [-0.4, -0.2) is 30.7 Å². The lowest BCUT2D eigenvalue weighted by molar-refractivity contribution is 0.0333. The minimum Gasteiger partial charge on any atom is -0.391 e. The van der Waals surface area contributed by atoms with Crippen LogP contribution in [0.25, 0.3) is 11.2 Å². The van der Waals surface area contributed by atoms with E-state index in [-0.39, 0.29) is 12.1 Å². The molecule has 3 rings (SSSR count). The second-order valence-electron chi connectivity index (χ2n) is 3.80. The Hall–Kier alpha value is -1.69. The number of aromatic nitrogens is 4. The second kappa shape index (κ2) is 2.90. The highest BCUT2D eigenvalue weighted by Crippen LogP contribution is 2.34. The summed E-state index contributed by atoms with van der Waals surface area (Å²) in [4.78, 5) is 12.2. The predicted octanol–water partition coefficient (Wildman–Crippen LogP) is 0.104. The monoisotopic (exact) mass is 205 g/mol. The van der Waals surface area contributed by atoms with E-state index < -0.39 is 0 Å². The smallest absolute Gasteiger partial charge is 0.165 e. The van der Waals surface area contributed by atoms with Gasteiger partial charge < -0.3 is 15.4 Å². The van der Waals surface area contributed by atoms with Crippen LogP contribution in [0.3, 0.4) is 0 Å². The average molecular weight is 205 g/mol. The first-order valence-electron chi connectivity index (χ1n) is 4.88. The fourth-order valence-corrected chi connectivity index (χ4v) is 1.90. The van der Waals surface area contributed by atoms with Gasteiger partial charge in [0, 0.05) is 0 Å². The Morgan fingerprint density at radius 3 is 2.87 bits per heavy atom. The van der Waals surface area contributed by atoms with Crippen LogP contribution in [0, 0.1) is 0 Å². The molecule has 3 N–H and O–H groups in total. The summed E-state index contributed by atoms with van der Waals surface area (Å²) in [6, 6.07) is 0.0873. The molecule has 2 heterocycles. The lowest BCUT2D eigenvalue weighted by atomic mass is 9.89. The summed E-state index contributed by atoms with van der Waals surface area (Å²) in [7, 11) is 0. The highest BCUT2D eigenvalue weighted by molar-refractivity contribution is 5.81. The van der Waals surface area contributed by atoms with E-state index in [2.05, 4.69) is 15.0 Å². The van der Waals surface area contributed by atoms with Gasteiger partial charge in [-0.1, -0.05) is 0 Å². The number of aliphatic hydroxyl groups excluding tert-OH is 1. The Morgan fingerprint density at radius 2 is 2.20 bits per heavy atom. The van der Waals surface area contributed by atoms with Gasteiger partial charge in [0.25, 0.3) is 0 Å². The van der Waals surface area contributed by atoms with Crippen LogP contribution in [0.2, 0.25) is 0 Å². The second-order valence-corrected chi connectivity index (χ2v) is 3.80. The fourth-order valence-electron chi connectivity index (χ4n) is 1.90. The molecule has 2 aromatic heterocycles. The summed E-state index contributed by atoms with van der Waals surface area (Å²) < 4.78 is 1.88. The number of nitrogens with zero attached hydrogens (tertiary/aromatic N) is 4. The molecule has 0 spiro atoms. The van der Waals surface area contributed by atoms with Crippen molar-refractivity contribution >= 4 is 17.0 Å².